The molecule has 0 atom stereocenters. The molecule has 0 heterocycles. The van der Waals surface area contributed by atoms with Crippen LogP contribution in [0.4, 0.5) is 13.2 Å². The van der Waals surface area contributed by atoms with Crippen LogP contribution in [-0.2, 0) is 0 Å². The molecule has 0 unspecified atom stereocenters. The number of ether oxygens (including phenoxy) is 1. The van der Waals surface area contributed by atoms with E-state index in [2.05, 4.69) is 43.3 Å². The van der Waals surface area contributed by atoms with Crippen LogP contribution in [0.3, 0.4) is 0 Å². The third-order valence-electron chi connectivity index (χ3n) is 1.29. The highest BCUT2D eigenvalue weighted by Crippen LogP contribution is 2.25. The zero-order chi connectivity index (χ0) is 10.8. The van der Waals surface area contributed by atoms with Crippen LogP contribution in [0.15, 0.2) is 22.7 Å². The van der Waals surface area contributed by atoms with E-state index >= 15 is 0 Å². The highest BCUT2D eigenvalue weighted by molar-refractivity contribution is 14.1. The number of hydrogen-bond donors (Lipinski definition) is 0. The highest BCUT2D eigenvalue weighted by atomic mass is 127. The topological polar surface area (TPSA) is 9.23 Å². The molecule has 0 aromatic heterocycles. The summed E-state index contributed by atoms with van der Waals surface area (Å²) in [7, 11) is 0. The largest absolute Gasteiger partial charge is 0.484 e. The van der Waals surface area contributed by atoms with Gasteiger partial charge in [-0.15, -0.1) is 0 Å². The van der Waals surface area contributed by atoms with E-state index in [1.165, 1.54) is 12.1 Å². The molecule has 0 radical (unpaired) electrons. The van der Waals surface area contributed by atoms with Gasteiger partial charge in [0.2, 0.25) is 0 Å². The smallest absolute Gasteiger partial charge is 0.422 e. The van der Waals surface area contributed by atoms with Crippen molar-refractivity contribution in [2.24, 2.45) is 0 Å². The maximum atomic E-state index is 11.8. The summed E-state index contributed by atoms with van der Waals surface area (Å²) >= 11 is 5.26. The summed E-state index contributed by atoms with van der Waals surface area (Å²) in [6, 6.07) is 4.68. The van der Waals surface area contributed by atoms with Gasteiger partial charge in [0, 0.05) is 8.04 Å². The first-order valence-electron chi connectivity index (χ1n) is 3.53. The zero-order valence-corrected chi connectivity index (χ0v) is 10.5. The molecule has 0 aliphatic rings. The summed E-state index contributed by atoms with van der Waals surface area (Å²) < 4.78 is 41.5. The van der Waals surface area contributed by atoms with Crippen molar-refractivity contribution < 1.29 is 17.9 Å². The van der Waals surface area contributed by atoms with Gasteiger partial charge in [-0.1, -0.05) is 0 Å². The van der Waals surface area contributed by atoms with Gasteiger partial charge in [-0.05, 0) is 56.7 Å². The lowest BCUT2D eigenvalue weighted by molar-refractivity contribution is -0.153. The summed E-state index contributed by atoms with van der Waals surface area (Å²) in [5.41, 5.74) is 0. The third kappa shape index (κ3) is 4.04. The van der Waals surface area contributed by atoms with Gasteiger partial charge in [0.15, 0.2) is 6.61 Å². The minimum absolute atomic E-state index is 0.203. The van der Waals surface area contributed by atoms with Crippen LogP contribution in [0, 0.1) is 3.57 Å². The molecule has 0 fully saturated rings. The average Bonchev–Trinajstić information content (AvgIpc) is 2.06. The molecule has 78 valence electrons. The Kier molecular flexibility index (Phi) is 4.05. The Morgan fingerprint density at radius 1 is 1.36 bits per heavy atom. The van der Waals surface area contributed by atoms with Crippen LogP contribution < -0.4 is 4.74 Å². The zero-order valence-electron chi connectivity index (χ0n) is 6.74. The Morgan fingerprint density at radius 2 is 2.00 bits per heavy atom. The molecular weight excluding hydrogens is 376 g/mol. The summed E-state index contributed by atoms with van der Waals surface area (Å²) in [5.74, 6) is 0.203. The van der Waals surface area contributed by atoms with Crippen molar-refractivity contribution in [3.63, 3.8) is 0 Å². The molecule has 0 amide bonds. The lowest BCUT2D eigenvalue weighted by Crippen LogP contribution is -2.19. The Hall–Kier alpha value is 0.0200. The Balaban J connectivity index is 2.65. The fourth-order valence-corrected chi connectivity index (χ4v) is 1.43. The molecular formula is C8H5BrF3IO. The second-order valence-corrected chi connectivity index (χ2v) is 4.50. The van der Waals surface area contributed by atoms with Crippen molar-refractivity contribution in [1.29, 1.82) is 0 Å². The van der Waals surface area contributed by atoms with Crippen molar-refractivity contribution >= 4 is 38.5 Å². The molecule has 1 rings (SSSR count). The van der Waals surface area contributed by atoms with Gasteiger partial charge in [-0.3, -0.25) is 0 Å². The summed E-state index contributed by atoms with van der Waals surface area (Å²) in [6.07, 6.45) is -4.30. The molecule has 1 aromatic carbocycles. The summed E-state index contributed by atoms with van der Waals surface area (Å²) in [6.45, 7) is -1.26. The molecule has 0 N–H and O–H groups in total. The lowest BCUT2D eigenvalue weighted by atomic mass is 10.3. The van der Waals surface area contributed by atoms with Crippen LogP contribution in [0.1, 0.15) is 0 Å². The van der Waals surface area contributed by atoms with E-state index in [4.69, 9.17) is 0 Å². The number of hydrogen-bond acceptors (Lipinski definition) is 1. The fraction of sp³-hybridized carbons (Fsp3) is 0.250. The monoisotopic (exact) mass is 380 g/mol. The van der Waals surface area contributed by atoms with Gasteiger partial charge in [0.1, 0.15) is 5.75 Å². The van der Waals surface area contributed by atoms with Crippen LogP contribution in [0.2, 0.25) is 0 Å². The van der Waals surface area contributed by atoms with Crippen molar-refractivity contribution in [2.75, 3.05) is 6.61 Å². The SMILES string of the molecule is FC(F)(F)COc1ccc(I)c(Br)c1. The highest BCUT2D eigenvalue weighted by Gasteiger charge is 2.28. The molecule has 6 heteroatoms. The lowest BCUT2D eigenvalue weighted by Gasteiger charge is -2.09. The van der Waals surface area contributed by atoms with E-state index in [9.17, 15) is 13.2 Å². The predicted octanol–water partition coefficient (Wildman–Crippen LogP) is 3.99. The molecule has 0 saturated heterocycles. The minimum atomic E-state index is -4.30. The average molecular weight is 381 g/mol. The molecule has 0 saturated carbocycles. The van der Waals surface area contributed by atoms with Crippen molar-refractivity contribution in [3.8, 4) is 5.75 Å². The second kappa shape index (κ2) is 4.69. The van der Waals surface area contributed by atoms with Crippen LogP contribution in [-0.4, -0.2) is 12.8 Å². The molecule has 0 aliphatic heterocycles. The summed E-state index contributed by atoms with van der Waals surface area (Å²) in [4.78, 5) is 0. The minimum Gasteiger partial charge on any atom is -0.484 e. The molecule has 1 nitrogen and oxygen atoms in total. The number of rotatable bonds is 2. The van der Waals surface area contributed by atoms with Gasteiger partial charge in [0.25, 0.3) is 0 Å². The van der Waals surface area contributed by atoms with E-state index in [-0.39, 0.29) is 5.75 Å². The summed E-state index contributed by atoms with van der Waals surface area (Å²) in [5, 5.41) is 0. The van der Waals surface area contributed by atoms with E-state index < -0.39 is 12.8 Å². The Labute approximate surface area is 101 Å². The maximum Gasteiger partial charge on any atom is 0.422 e. The first-order valence-corrected chi connectivity index (χ1v) is 5.40. The van der Waals surface area contributed by atoms with Gasteiger partial charge < -0.3 is 4.74 Å². The van der Waals surface area contributed by atoms with Crippen LogP contribution in [0.5, 0.6) is 5.75 Å². The molecule has 0 bridgehead atoms. The van der Waals surface area contributed by atoms with E-state index in [1.54, 1.807) is 6.07 Å². The molecule has 14 heavy (non-hydrogen) atoms. The molecule has 1 aromatic rings. The molecule has 0 aliphatic carbocycles. The van der Waals surface area contributed by atoms with Gasteiger partial charge in [0.05, 0.1) is 0 Å². The second-order valence-electron chi connectivity index (χ2n) is 2.48. The normalized spacial score (nSPS) is 11.5. The quantitative estimate of drug-likeness (QED) is 0.705. The number of benzene rings is 1. The standard InChI is InChI=1S/C8H5BrF3IO/c9-6-3-5(1-2-7(6)13)14-4-8(10,11)12/h1-3H,4H2. The van der Waals surface area contributed by atoms with Crippen LogP contribution in [0.25, 0.3) is 0 Å². The first-order chi connectivity index (χ1) is 6.38. The van der Waals surface area contributed by atoms with Crippen molar-refractivity contribution in [1.82, 2.24) is 0 Å². The Morgan fingerprint density at radius 3 is 2.50 bits per heavy atom. The first kappa shape index (κ1) is 12.1. The van der Waals surface area contributed by atoms with E-state index in [0.717, 1.165) is 8.04 Å². The van der Waals surface area contributed by atoms with Gasteiger partial charge >= 0.3 is 6.18 Å². The van der Waals surface area contributed by atoms with Crippen molar-refractivity contribution in [2.45, 2.75) is 6.18 Å². The van der Waals surface area contributed by atoms with Gasteiger partial charge in [-0.25, -0.2) is 0 Å². The van der Waals surface area contributed by atoms with E-state index in [1.807, 2.05) is 0 Å². The molecule has 0 spiro atoms. The van der Waals surface area contributed by atoms with E-state index in [0.29, 0.717) is 0 Å². The number of alkyl halides is 3. The van der Waals surface area contributed by atoms with Crippen LogP contribution >= 0.6 is 38.5 Å². The third-order valence-corrected chi connectivity index (χ3v) is 3.63. The van der Waals surface area contributed by atoms with Crippen molar-refractivity contribution in [3.05, 3.63) is 26.2 Å². The van der Waals surface area contributed by atoms with Gasteiger partial charge in [-0.2, -0.15) is 13.2 Å². The Bertz CT molecular complexity index is 327. The maximum absolute atomic E-state index is 11.8. The predicted molar refractivity (Wildman–Crippen MR) is 58.4 cm³/mol. The fourth-order valence-electron chi connectivity index (χ4n) is 0.732. The number of halogens is 5.